The van der Waals surface area contributed by atoms with E-state index in [-0.39, 0.29) is 12.4 Å². The van der Waals surface area contributed by atoms with Crippen molar-refractivity contribution in [1.29, 1.82) is 0 Å². The topological polar surface area (TPSA) is 46.2 Å². The summed E-state index contributed by atoms with van der Waals surface area (Å²) < 4.78 is 0. The molecule has 0 aromatic rings. The van der Waals surface area contributed by atoms with Gasteiger partial charge in [0.1, 0.15) is 0 Å². The smallest absolute Gasteiger partial charge is 0.0431 e. The molecule has 0 aromatic carbocycles. The summed E-state index contributed by atoms with van der Waals surface area (Å²) in [6.45, 7) is 1.18. The fourth-order valence-electron chi connectivity index (χ4n) is 1.14. The summed E-state index contributed by atoms with van der Waals surface area (Å²) in [4.78, 5) is 0. The van der Waals surface area contributed by atoms with E-state index in [0.717, 1.165) is 13.0 Å². The van der Waals surface area contributed by atoms with E-state index in [4.69, 9.17) is 10.8 Å². The molecule has 0 bridgehead atoms. The molecule has 0 atom stereocenters. The van der Waals surface area contributed by atoms with Crippen LogP contribution in [0.3, 0.4) is 0 Å². The summed E-state index contributed by atoms with van der Waals surface area (Å²) in [5, 5.41) is 8.49. The molecule has 12 heavy (non-hydrogen) atoms. The van der Waals surface area contributed by atoms with Crippen LogP contribution in [-0.2, 0) is 0 Å². The Bertz CT molecular complexity index is 63.5. The third kappa shape index (κ3) is 12.8. The van der Waals surface area contributed by atoms with Crippen LogP contribution in [-0.4, -0.2) is 18.3 Å². The molecule has 0 heterocycles. The van der Waals surface area contributed by atoms with Crippen LogP contribution < -0.4 is 5.73 Å². The first-order valence-corrected chi connectivity index (χ1v) is 4.72. The molecule has 3 heteroatoms. The first-order chi connectivity index (χ1) is 5.41. The van der Waals surface area contributed by atoms with Crippen LogP contribution in [0.2, 0.25) is 0 Å². The molecule has 0 spiro atoms. The predicted molar refractivity (Wildman–Crippen MR) is 55.7 cm³/mol. The summed E-state index contributed by atoms with van der Waals surface area (Å²) in [7, 11) is 0. The second-order valence-electron chi connectivity index (χ2n) is 2.99. The Hall–Kier alpha value is 0.210. The first-order valence-electron chi connectivity index (χ1n) is 4.72. The highest BCUT2D eigenvalue weighted by Crippen LogP contribution is 2.05. The van der Waals surface area contributed by atoms with Crippen LogP contribution in [0.5, 0.6) is 0 Å². The molecule has 0 saturated heterocycles. The van der Waals surface area contributed by atoms with Crippen LogP contribution in [0.1, 0.15) is 44.9 Å². The zero-order chi connectivity index (χ0) is 8.36. The SMILES string of the molecule is Cl.NCCCCCCCCCO. The number of unbranched alkanes of at least 4 members (excludes halogenated alkanes) is 6. The molecule has 2 nitrogen and oxygen atoms in total. The highest BCUT2D eigenvalue weighted by molar-refractivity contribution is 5.85. The Kier molecular flexibility index (Phi) is 16.9. The average molecular weight is 196 g/mol. The molecular weight excluding hydrogens is 174 g/mol. The molecule has 0 aromatic heterocycles. The van der Waals surface area contributed by atoms with E-state index in [0.29, 0.717) is 6.61 Å². The van der Waals surface area contributed by atoms with Crippen molar-refractivity contribution in [3.05, 3.63) is 0 Å². The minimum atomic E-state index is 0. The van der Waals surface area contributed by atoms with Crippen molar-refractivity contribution in [2.45, 2.75) is 44.9 Å². The van der Waals surface area contributed by atoms with Crippen molar-refractivity contribution in [3.63, 3.8) is 0 Å². The maximum atomic E-state index is 8.49. The summed E-state index contributed by atoms with van der Waals surface area (Å²) in [5.74, 6) is 0. The second kappa shape index (κ2) is 13.8. The number of halogens is 1. The lowest BCUT2D eigenvalue weighted by Gasteiger charge is -1.98. The normalized spacial score (nSPS) is 9.50. The van der Waals surface area contributed by atoms with Gasteiger partial charge >= 0.3 is 0 Å². The minimum Gasteiger partial charge on any atom is -0.396 e. The van der Waals surface area contributed by atoms with Gasteiger partial charge in [0, 0.05) is 6.61 Å². The van der Waals surface area contributed by atoms with Crippen LogP contribution in [0.4, 0.5) is 0 Å². The van der Waals surface area contributed by atoms with Gasteiger partial charge in [-0.2, -0.15) is 0 Å². The zero-order valence-electron chi connectivity index (χ0n) is 7.80. The van der Waals surface area contributed by atoms with Crippen LogP contribution in [0.25, 0.3) is 0 Å². The van der Waals surface area contributed by atoms with E-state index in [2.05, 4.69) is 0 Å². The van der Waals surface area contributed by atoms with Crippen LogP contribution in [0.15, 0.2) is 0 Å². The number of rotatable bonds is 8. The van der Waals surface area contributed by atoms with Gasteiger partial charge in [0.25, 0.3) is 0 Å². The lowest BCUT2D eigenvalue weighted by atomic mass is 10.1. The molecule has 76 valence electrons. The van der Waals surface area contributed by atoms with Gasteiger partial charge in [-0.3, -0.25) is 0 Å². The molecule has 0 aliphatic carbocycles. The quantitative estimate of drug-likeness (QED) is 0.583. The lowest BCUT2D eigenvalue weighted by molar-refractivity contribution is 0.282. The maximum absolute atomic E-state index is 8.49. The summed E-state index contributed by atoms with van der Waals surface area (Å²) in [6, 6.07) is 0. The molecule has 3 N–H and O–H groups in total. The molecule has 0 fully saturated rings. The largest absolute Gasteiger partial charge is 0.396 e. The fourth-order valence-corrected chi connectivity index (χ4v) is 1.14. The highest BCUT2D eigenvalue weighted by atomic mass is 35.5. The van der Waals surface area contributed by atoms with E-state index < -0.39 is 0 Å². The van der Waals surface area contributed by atoms with Crippen molar-refractivity contribution in [1.82, 2.24) is 0 Å². The molecule has 0 amide bonds. The van der Waals surface area contributed by atoms with Gasteiger partial charge in [-0.15, -0.1) is 12.4 Å². The molecule has 0 rings (SSSR count). The van der Waals surface area contributed by atoms with Gasteiger partial charge in [-0.25, -0.2) is 0 Å². The Balaban J connectivity index is 0. The van der Waals surface area contributed by atoms with Gasteiger partial charge in [0.05, 0.1) is 0 Å². The van der Waals surface area contributed by atoms with Crippen LogP contribution >= 0.6 is 12.4 Å². The summed E-state index contributed by atoms with van der Waals surface area (Å²) in [6.07, 6.45) is 8.47. The molecular formula is C9H22ClNO. The summed E-state index contributed by atoms with van der Waals surface area (Å²) >= 11 is 0. The number of hydrogen-bond acceptors (Lipinski definition) is 2. The van der Waals surface area contributed by atoms with E-state index in [9.17, 15) is 0 Å². The second-order valence-corrected chi connectivity index (χ2v) is 2.99. The van der Waals surface area contributed by atoms with E-state index >= 15 is 0 Å². The predicted octanol–water partition coefficient (Wildman–Crippen LogP) is 2.09. The van der Waals surface area contributed by atoms with E-state index in [1.807, 2.05) is 0 Å². The van der Waals surface area contributed by atoms with Crippen molar-refractivity contribution >= 4 is 12.4 Å². The average Bonchev–Trinajstić information content (AvgIpc) is 2.03. The third-order valence-corrected chi connectivity index (χ3v) is 1.86. The molecule has 0 aliphatic rings. The molecule has 0 unspecified atom stereocenters. The van der Waals surface area contributed by atoms with Crippen molar-refractivity contribution in [2.75, 3.05) is 13.2 Å². The van der Waals surface area contributed by atoms with Gasteiger partial charge in [-0.05, 0) is 19.4 Å². The Morgan fingerprint density at radius 1 is 0.750 bits per heavy atom. The first kappa shape index (κ1) is 14.7. The zero-order valence-corrected chi connectivity index (χ0v) is 8.61. The number of aliphatic hydroxyl groups is 1. The van der Waals surface area contributed by atoms with Gasteiger partial charge in [0.2, 0.25) is 0 Å². The number of nitrogens with two attached hydrogens (primary N) is 1. The number of aliphatic hydroxyl groups excluding tert-OH is 1. The molecule has 0 radical (unpaired) electrons. The van der Waals surface area contributed by atoms with Gasteiger partial charge in [0.15, 0.2) is 0 Å². The van der Waals surface area contributed by atoms with Gasteiger partial charge < -0.3 is 10.8 Å². The monoisotopic (exact) mass is 195 g/mol. The summed E-state index contributed by atoms with van der Waals surface area (Å²) in [5.41, 5.74) is 5.36. The Morgan fingerprint density at radius 3 is 1.58 bits per heavy atom. The molecule has 0 aliphatic heterocycles. The van der Waals surface area contributed by atoms with E-state index in [1.165, 1.54) is 38.5 Å². The van der Waals surface area contributed by atoms with Crippen molar-refractivity contribution in [3.8, 4) is 0 Å². The lowest BCUT2D eigenvalue weighted by Crippen LogP contribution is -1.97. The third-order valence-electron chi connectivity index (χ3n) is 1.86. The van der Waals surface area contributed by atoms with Crippen LogP contribution in [0, 0.1) is 0 Å². The standard InChI is InChI=1S/C9H21NO.ClH/c10-8-6-4-2-1-3-5-7-9-11;/h11H,1-10H2;1H. The minimum absolute atomic E-state index is 0. The molecule has 0 saturated carbocycles. The fraction of sp³-hybridized carbons (Fsp3) is 1.00. The number of hydrogen-bond donors (Lipinski definition) is 2. The van der Waals surface area contributed by atoms with Gasteiger partial charge in [-0.1, -0.05) is 32.1 Å². The van der Waals surface area contributed by atoms with Crippen molar-refractivity contribution in [2.24, 2.45) is 5.73 Å². The maximum Gasteiger partial charge on any atom is 0.0431 e. The Labute approximate surface area is 81.9 Å². The Morgan fingerprint density at radius 2 is 1.17 bits per heavy atom. The highest BCUT2D eigenvalue weighted by Gasteiger charge is 1.89. The van der Waals surface area contributed by atoms with E-state index in [1.54, 1.807) is 0 Å². The van der Waals surface area contributed by atoms with Crippen molar-refractivity contribution < 1.29 is 5.11 Å².